The highest BCUT2D eigenvalue weighted by Gasteiger charge is 2.43. The van der Waals surface area contributed by atoms with Gasteiger partial charge in [-0.15, -0.1) is 0 Å². The van der Waals surface area contributed by atoms with Gasteiger partial charge >= 0.3 is 0 Å². The fraction of sp³-hybridized carbons (Fsp3) is 1.00. The molecule has 1 atom stereocenters. The van der Waals surface area contributed by atoms with Gasteiger partial charge in [0.25, 0.3) is 0 Å². The lowest BCUT2D eigenvalue weighted by atomic mass is 9.93. The molecule has 1 aliphatic carbocycles. The van der Waals surface area contributed by atoms with Crippen LogP contribution < -0.4 is 0 Å². The summed E-state index contributed by atoms with van der Waals surface area (Å²) in [4.78, 5) is 0. The Kier molecular flexibility index (Phi) is 2.24. The minimum atomic E-state index is 0.693. The van der Waals surface area contributed by atoms with Crippen molar-refractivity contribution >= 4 is 15.9 Å². The van der Waals surface area contributed by atoms with Crippen molar-refractivity contribution < 1.29 is 4.74 Å². The van der Waals surface area contributed by atoms with Crippen LogP contribution >= 0.6 is 15.9 Å². The maximum absolute atomic E-state index is 5.36. The van der Waals surface area contributed by atoms with Crippen LogP contribution in [0.3, 0.4) is 0 Å². The fourth-order valence-electron chi connectivity index (χ4n) is 1.93. The molecule has 1 heterocycles. The van der Waals surface area contributed by atoms with Gasteiger partial charge in [0.1, 0.15) is 0 Å². The van der Waals surface area contributed by atoms with Crippen LogP contribution in [0.25, 0.3) is 0 Å². The predicted octanol–water partition coefficient (Wildman–Crippen LogP) is 2.59. The Morgan fingerprint density at radius 3 is 2.73 bits per heavy atom. The molecule has 0 aromatic rings. The number of alkyl halides is 1. The normalized spacial score (nSPS) is 34.1. The second kappa shape index (κ2) is 3.06. The van der Waals surface area contributed by atoms with Gasteiger partial charge in [-0.3, -0.25) is 0 Å². The van der Waals surface area contributed by atoms with E-state index in [2.05, 4.69) is 15.9 Å². The van der Waals surface area contributed by atoms with Crippen LogP contribution in [0.5, 0.6) is 0 Å². The molecule has 0 aromatic heterocycles. The highest BCUT2D eigenvalue weighted by molar-refractivity contribution is 9.09. The molecule has 2 heteroatoms. The smallest absolute Gasteiger partial charge is 0.0495 e. The lowest BCUT2D eigenvalue weighted by molar-refractivity contribution is 0.180. The zero-order chi connectivity index (χ0) is 7.73. The zero-order valence-electron chi connectivity index (χ0n) is 6.81. The molecular weight excluding hydrogens is 204 g/mol. The molecule has 0 bridgehead atoms. The summed E-state index contributed by atoms with van der Waals surface area (Å²) in [5, 5.41) is 1.20. The lowest BCUT2D eigenvalue weighted by Gasteiger charge is -2.15. The summed E-state index contributed by atoms with van der Waals surface area (Å²) in [7, 11) is 0. The summed E-state index contributed by atoms with van der Waals surface area (Å²) in [5.41, 5.74) is 0.693. The number of hydrogen-bond acceptors (Lipinski definition) is 1. The first-order valence-corrected chi connectivity index (χ1v) is 5.61. The van der Waals surface area contributed by atoms with Crippen molar-refractivity contribution in [3.8, 4) is 0 Å². The summed E-state index contributed by atoms with van der Waals surface area (Å²) >= 11 is 3.60. The van der Waals surface area contributed by atoms with Gasteiger partial charge in [-0.2, -0.15) is 0 Å². The van der Waals surface area contributed by atoms with Crippen LogP contribution in [0.1, 0.15) is 25.7 Å². The fourth-order valence-corrected chi connectivity index (χ4v) is 2.72. The van der Waals surface area contributed by atoms with E-state index in [1.165, 1.54) is 31.0 Å². The van der Waals surface area contributed by atoms with Gasteiger partial charge in [-0.05, 0) is 37.0 Å². The quantitative estimate of drug-likeness (QED) is 0.663. The van der Waals surface area contributed by atoms with Crippen molar-refractivity contribution in [3.63, 3.8) is 0 Å². The van der Waals surface area contributed by atoms with Crippen molar-refractivity contribution in [1.29, 1.82) is 0 Å². The Bertz CT molecular complexity index is 136. The van der Waals surface area contributed by atoms with Gasteiger partial charge in [0.05, 0.1) is 0 Å². The molecule has 64 valence electrons. The molecule has 0 spiro atoms. The van der Waals surface area contributed by atoms with Crippen molar-refractivity contribution in [2.75, 3.05) is 18.5 Å². The lowest BCUT2D eigenvalue weighted by Crippen LogP contribution is -2.10. The van der Waals surface area contributed by atoms with Crippen LogP contribution in [0.15, 0.2) is 0 Å². The van der Waals surface area contributed by atoms with E-state index in [9.17, 15) is 0 Å². The van der Waals surface area contributed by atoms with E-state index in [1.54, 1.807) is 0 Å². The highest BCUT2D eigenvalue weighted by Crippen LogP contribution is 2.52. The molecule has 11 heavy (non-hydrogen) atoms. The third kappa shape index (κ3) is 1.78. The molecule has 1 saturated carbocycles. The van der Waals surface area contributed by atoms with Crippen LogP contribution in [0.4, 0.5) is 0 Å². The van der Waals surface area contributed by atoms with Gasteiger partial charge in [0, 0.05) is 18.5 Å². The second-order valence-corrected chi connectivity index (χ2v) is 4.63. The monoisotopic (exact) mass is 218 g/mol. The van der Waals surface area contributed by atoms with Crippen molar-refractivity contribution in [3.05, 3.63) is 0 Å². The largest absolute Gasteiger partial charge is 0.381 e. The van der Waals surface area contributed by atoms with Crippen LogP contribution in [0.2, 0.25) is 0 Å². The maximum Gasteiger partial charge on any atom is 0.0495 e. The molecule has 1 nitrogen and oxygen atoms in total. The first-order valence-electron chi connectivity index (χ1n) is 4.48. The minimum absolute atomic E-state index is 0.693. The van der Waals surface area contributed by atoms with Gasteiger partial charge in [-0.25, -0.2) is 0 Å². The Balaban J connectivity index is 1.80. The van der Waals surface area contributed by atoms with Crippen molar-refractivity contribution in [1.82, 2.24) is 0 Å². The van der Waals surface area contributed by atoms with Crippen LogP contribution in [-0.4, -0.2) is 18.5 Å². The topological polar surface area (TPSA) is 9.23 Å². The molecule has 1 aliphatic heterocycles. The summed E-state index contributed by atoms with van der Waals surface area (Å²) in [6, 6.07) is 0. The molecule has 0 amide bonds. The summed E-state index contributed by atoms with van der Waals surface area (Å²) in [6.45, 7) is 2.03. The van der Waals surface area contributed by atoms with E-state index in [0.717, 1.165) is 19.1 Å². The van der Waals surface area contributed by atoms with Gasteiger partial charge in [-0.1, -0.05) is 15.9 Å². The molecular formula is C9H15BrO. The molecule has 1 unspecified atom stereocenters. The highest BCUT2D eigenvalue weighted by atomic mass is 79.9. The molecule has 2 aliphatic rings. The van der Waals surface area contributed by atoms with E-state index in [1.807, 2.05) is 0 Å². The van der Waals surface area contributed by atoms with Crippen LogP contribution in [-0.2, 0) is 4.74 Å². The molecule has 0 N–H and O–H groups in total. The Morgan fingerprint density at radius 2 is 2.27 bits per heavy atom. The third-order valence-electron chi connectivity index (χ3n) is 2.99. The predicted molar refractivity (Wildman–Crippen MR) is 49.0 cm³/mol. The van der Waals surface area contributed by atoms with Crippen LogP contribution in [0, 0.1) is 11.3 Å². The van der Waals surface area contributed by atoms with E-state index in [4.69, 9.17) is 4.74 Å². The molecule has 1 saturated heterocycles. The van der Waals surface area contributed by atoms with E-state index in [-0.39, 0.29) is 0 Å². The van der Waals surface area contributed by atoms with Gasteiger partial charge in [0.2, 0.25) is 0 Å². The molecule has 2 rings (SSSR count). The summed E-state index contributed by atoms with van der Waals surface area (Å²) in [6.07, 6.45) is 5.58. The number of halogens is 1. The first-order chi connectivity index (χ1) is 5.35. The van der Waals surface area contributed by atoms with E-state index in [0.29, 0.717) is 5.41 Å². The Morgan fingerprint density at radius 1 is 1.45 bits per heavy atom. The Labute approximate surface area is 76.6 Å². The number of rotatable bonds is 3. The SMILES string of the molecule is BrCC1(CC2CCOC2)CC1. The average Bonchev–Trinajstić information content (AvgIpc) is 2.59. The number of ether oxygens (including phenoxy) is 1. The van der Waals surface area contributed by atoms with Crippen molar-refractivity contribution in [2.45, 2.75) is 25.7 Å². The Hall–Kier alpha value is 0.440. The third-order valence-corrected chi connectivity index (χ3v) is 4.18. The first kappa shape index (κ1) is 8.06. The molecule has 0 aromatic carbocycles. The minimum Gasteiger partial charge on any atom is -0.381 e. The summed E-state index contributed by atoms with van der Waals surface area (Å²) < 4.78 is 5.36. The average molecular weight is 219 g/mol. The molecule has 0 radical (unpaired) electrons. The van der Waals surface area contributed by atoms with Crippen molar-refractivity contribution in [2.24, 2.45) is 11.3 Å². The van der Waals surface area contributed by atoms with E-state index >= 15 is 0 Å². The summed E-state index contributed by atoms with van der Waals surface area (Å²) in [5.74, 6) is 0.870. The van der Waals surface area contributed by atoms with Gasteiger partial charge < -0.3 is 4.74 Å². The van der Waals surface area contributed by atoms with Gasteiger partial charge in [0.15, 0.2) is 0 Å². The number of hydrogen-bond donors (Lipinski definition) is 0. The second-order valence-electron chi connectivity index (χ2n) is 4.07. The molecule has 2 fully saturated rings. The zero-order valence-corrected chi connectivity index (χ0v) is 8.40. The maximum atomic E-state index is 5.36. The standard InChI is InChI=1S/C9H15BrO/c10-7-9(2-3-9)5-8-1-4-11-6-8/h8H,1-7H2. The van der Waals surface area contributed by atoms with E-state index < -0.39 is 0 Å².